The first kappa shape index (κ1) is 27.8. The van der Waals surface area contributed by atoms with Gasteiger partial charge in [-0.1, -0.05) is 11.6 Å². The number of amides is 1. The molecule has 4 aromatic rings. The molecule has 0 aliphatic carbocycles. The van der Waals surface area contributed by atoms with Gasteiger partial charge in [-0.25, -0.2) is 18.7 Å². The Bertz CT molecular complexity index is 1660. The summed E-state index contributed by atoms with van der Waals surface area (Å²) in [4.78, 5) is 42.2. The number of primary amides is 1. The summed E-state index contributed by atoms with van der Waals surface area (Å²) in [5, 5.41) is -0.236. The molecule has 1 amide bonds. The maximum absolute atomic E-state index is 14.2. The topological polar surface area (TPSA) is 126 Å². The fourth-order valence-corrected chi connectivity index (χ4v) is 4.03. The summed E-state index contributed by atoms with van der Waals surface area (Å²) in [7, 11) is 0. The minimum absolute atomic E-state index is 0.0227. The SMILES string of the molecule is Cc1cnc(-c2ccnc(C(C)(C)C(N)=O)n2)cc1-n1c(C)cc(O[C@@H](C)c2ncc(F)cc2F)c(Cl)c1=O. The highest BCUT2D eigenvalue weighted by molar-refractivity contribution is 6.31. The Labute approximate surface area is 227 Å². The first-order chi connectivity index (χ1) is 18.3. The Balaban J connectivity index is 1.75. The largest absolute Gasteiger partial charge is 0.482 e. The van der Waals surface area contributed by atoms with E-state index in [0.717, 1.165) is 6.20 Å². The van der Waals surface area contributed by atoms with Gasteiger partial charge in [-0.2, -0.15) is 0 Å². The van der Waals surface area contributed by atoms with E-state index in [1.54, 1.807) is 52.1 Å². The van der Waals surface area contributed by atoms with Crippen molar-refractivity contribution in [1.29, 1.82) is 0 Å². The lowest BCUT2D eigenvalue weighted by Crippen LogP contribution is -2.37. The Morgan fingerprint density at radius 1 is 1.10 bits per heavy atom. The predicted octanol–water partition coefficient (Wildman–Crippen LogP) is 4.54. The average molecular weight is 555 g/mol. The lowest BCUT2D eigenvalue weighted by atomic mass is 9.91. The van der Waals surface area contributed by atoms with Crippen LogP contribution in [0.2, 0.25) is 5.02 Å². The summed E-state index contributed by atoms with van der Waals surface area (Å²) in [6.07, 6.45) is 3.01. The van der Waals surface area contributed by atoms with Crippen LogP contribution in [0.5, 0.6) is 5.75 Å². The van der Waals surface area contributed by atoms with Crippen LogP contribution in [0.3, 0.4) is 0 Å². The molecular weight excluding hydrogens is 530 g/mol. The van der Waals surface area contributed by atoms with Crippen LogP contribution in [0, 0.1) is 25.5 Å². The van der Waals surface area contributed by atoms with Crippen LogP contribution in [0.1, 0.15) is 49.7 Å². The van der Waals surface area contributed by atoms with Crippen molar-refractivity contribution < 1.29 is 18.3 Å². The zero-order valence-electron chi connectivity index (χ0n) is 21.8. The van der Waals surface area contributed by atoms with Crippen molar-refractivity contribution in [2.75, 3.05) is 0 Å². The molecule has 2 N–H and O–H groups in total. The van der Waals surface area contributed by atoms with Crippen LogP contribution in [0.15, 0.2) is 47.7 Å². The summed E-state index contributed by atoms with van der Waals surface area (Å²) in [6, 6.07) is 5.54. The summed E-state index contributed by atoms with van der Waals surface area (Å²) in [5.74, 6) is -2.02. The zero-order chi connectivity index (χ0) is 28.6. The molecule has 39 heavy (non-hydrogen) atoms. The Kier molecular flexibility index (Phi) is 7.47. The van der Waals surface area contributed by atoms with Crippen molar-refractivity contribution in [3.63, 3.8) is 0 Å². The van der Waals surface area contributed by atoms with Crippen LogP contribution in [0.4, 0.5) is 8.78 Å². The second kappa shape index (κ2) is 10.5. The van der Waals surface area contributed by atoms with Crippen LogP contribution in [0.25, 0.3) is 17.1 Å². The van der Waals surface area contributed by atoms with Crippen LogP contribution >= 0.6 is 11.6 Å². The van der Waals surface area contributed by atoms with E-state index in [-0.39, 0.29) is 22.3 Å². The van der Waals surface area contributed by atoms with Crippen molar-refractivity contribution in [2.45, 2.75) is 46.1 Å². The fraction of sp³-hybridized carbons (Fsp3) is 0.259. The van der Waals surface area contributed by atoms with Gasteiger partial charge in [0, 0.05) is 30.2 Å². The van der Waals surface area contributed by atoms with Crippen LogP contribution in [-0.2, 0) is 10.2 Å². The van der Waals surface area contributed by atoms with Gasteiger partial charge < -0.3 is 10.5 Å². The number of hydrogen-bond donors (Lipinski definition) is 1. The number of carbonyl (C=O) groups is 1. The summed E-state index contributed by atoms with van der Waals surface area (Å²) in [5.41, 5.74) is 6.18. The molecular formula is C27H25ClF2N6O3. The Morgan fingerprint density at radius 3 is 2.49 bits per heavy atom. The van der Waals surface area contributed by atoms with Gasteiger partial charge in [-0.15, -0.1) is 0 Å². The molecule has 0 saturated heterocycles. The average Bonchev–Trinajstić information content (AvgIpc) is 2.88. The number of hydrogen-bond acceptors (Lipinski definition) is 7. The molecule has 0 aromatic carbocycles. The molecule has 0 saturated carbocycles. The van der Waals surface area contributed by atoms with Gasteiger partial charge in [-0.3, -0.25) is 24.1 Å². The lowest BCUT2D eigenvalue weighted by Gasteiger charge is -2.20. The highest BCUT2D eigenvalue weighted by Gasteiger charge is 2.31. The normalized spacial score (nSPS) is 12.3. The quantitative estimate of drug-likeness (QED) is 0.355. The molecule has 0 unspecified atom stereocenters. The molecule has 4 heterocycles. The second-order valence-electron chi connectivity index (χ2n) is 9.50. The Hall–Kier alpha value is -4.25. The standard InChI is InChI=1S/C27H25ClF2N6O3/c1-13-11-33-19(18-6-7-32-26(35-18)27(4,5)25(31)38)10-20(13)36-14(2)8-21(22(28)24(36)37)39-15(3)23-17(30)9-16(29)12-34-23/h6-12,15H,1-5H3,(H2,31,38)/t15-/m0/s1. The predicted molar refractivity (Wildman–Crippen MR) is 141 cm³/mol. The molecule has 0 aliphatic heterocycles. The number of nitrogens with two attached hydrogens (primary N) is 1. The van der Waals surface area contributed by atoms with E-state index >= 15 is 0 Å². The van der Waals surface area contributed by atoms with Gasteiger partial charge in [-0.05, 0) is 52.3 Å². The third kappa shape index (κ3) is 5.35. The van der Waals surface area contributed by atoms with Gasteiger partial charge in [0.15, 0.2) is 5.82 Å². The van der Waals surface area contributed by atoms with E-state index in [4.69, 9.17) is 22.1 Å². The van der Waals surface area contributed by atoms with Gasteiger partial charge in [0.2, 0.25) is 5.91 Å². The van der Waals surface area contributed by atoms with Gasteiger partial charge >= 0.3 is 0 Å². The van der Waals surface area contributed by atoms with Gasteiger partial charge in [0.25, 0.3) is 5.56 Å². The number of aromatic nitrogens is 5. The molecule has 12 heteroatoms. The van der Waals surface area contributed by atoms with E-state index in [9.17, 15) is 18.4 Å². The molecule has 4 rings (SSSR count). The first-order valence-corrected chi connectivity index (χ1v) is 12.2. The highest BCUT2D eigenvalue weighted by Crippen LogP contribution is 2.30. The maximum Gasteiger partial charge on any atom is 0.277 e. The van der Waals surface area contributed by atoms with Gasteiger partial charge in [0.05, 0.1) is 23.3 Å². The molecule has 0 bridgehead atoms. The molecule has 0 fully saturated rings. The van der Waals surface area contributed by atoms with Crippen molar-refractivity contribution in [3.05, 3.63) is 92.6 Å². The maximum atomic E-state index is 14.2. The molecule has 0 radical (unpaired) electrons. The number of nitrogens with zero attached hydrogens (tertiary/aromatic N) is 5. The second-order valence-corrected chi connectivity index (χ2v) is 9.87. The van der Waals surface area contributed by atoms with E-state index < -0.39 is 34.6 Å². The van der Waals surface area contributed by atoms with E-state index in [1.807, 2.05) is 0 Å². The van der Waals surface area contributed by atoms with Gasteiger partial charge in [0.1, 0.15) is 39.6 Å². The first-order valence-electron chi connectivity index (χ1n) is 11.8. The number of rotatable bonds is 7. The highest BCUT2D eigenvalue weighted by atomic mass is 35.5. The molecule has 0 spiro atoms. The van der Waals surface area contributed by atoms with Crippen LogP contribution in [-0.4, -0.2) is 30.4 Å². The van der Waals surface area contributed by atoms with E-state index in [0.29, 0.717) is 34.4 Å². The molecule has 4 aromatic heterocycles. The third-order valence-electron chi connectivity index (χ3n) is 6.23. The van der Waals surface area contributed by atoms with E-state index in [1.165, 1.54) is 17.7 Å². The molecule has 0 aliphatic rings. The lowest BCUT2D eigenvalue weighted by molar-refractivity contribution is -0.122. The molecule has 9 nitrogen and oxygen atoms in total. The minimum Gasteiger partial charge on any atom is -0.482 e. The number of pyridine rings is 3. The zero-order valence-corrected chi connectivity index (χ0v) is 22.5. The number of aryl methyl sites for hydroxylation is 2. The van der Waals surface area contributed by atoms with Crippen molar-refractivity contribution in [2.24, 2.45) is 5.73 Å². The molecule has 1 atom stereocenters. The van der Waals surface area contributed by atoms with Crippen LogP contribution < -0.4 is 16.0 Å². The van der Waals surface area contributed by atoms with Crippen molar-refractivity contribution in [3.8, 4) is 22.8 Å². The number of carbonyl (C=O) groups excluding carboxylic acids is 1. The summed E-state index contributed by atoms with van der Waals surface area (Å²) >= 11 is 6.41. The molecule has 202 valence electrons. The number of ether oxygens (including phenoxy) is 1. The minimum atomic E-state index is -1.11. The smallest absolute Gasteiger partial charge is 0.277 e. The fourth-order valence-electron chi connectivity index (χ4n) is 3.84. The van der Waals surface area contributed by atoms with Crippen molar-refractivity contribution in [1.82, 2.24) is 24.5 Å². The monoisotopic (exact) mass is 554 g/mol. The third-order valence-corrected chi connectivity index (χ3v) is 6.58. The summed E-state index contributed by atoms with van der Waals surface area (Å²) < 4.78 is 34.6. The Morgan fingerprint density at radius 2 is 1.82 bits per heavy atom. The van der Waals surface area contributed by atoms with Crippen molar-refractivity contribution >= 4 is 17.5 Å². The summed E-state index contributed by atoms with van der Waals surface area (Å²) in [6.45, 7) is 8.22. The van der Waals surface area contributed by atoms with E-state index in [2.05, 4.69) is 19.9 Å². The number of halogens is 3.